The van der Waals surface area contributed by atoms with E-state index in [9.17, 15) is 13.2 Å². The Kier molecular flexibility index (Phi) is 3.76. The Morgan fingerprint density at radius 2 is 2.14 bits per heavy atom. The van der Waals surface area contributed by atoms with Gasteiger partial charge in [-0.3, -0.25) is 4.79 Å². The maximum atomic E-state index is 12.2. The number of halogens is 1. The molecule has 0 fully saturated rings. The SMILES string of the molecule is O=C(Nc1cccc(Cl)c1)C1=CN2CCS(=O)(=O)N=C2C=C1. The van der Waals surface area contributed by atoms with Crippen molar-refractivity contribution in [2.24, 2.45) is 4.40 Å². The molecule has 3 rings (SSSR count). The van der Waals surface area contributed by atoms with Gasteiger partial charge in [-0.1, -0.05) is 17.7 Å². The lowest BCUT2D eigenvalue weighted by molar-refractivity contribution is -0.112. The first-order chi connectivity index (χ1) is 10.4. The van der Waals surface area contributed by atoms with Gasteiger partial charge >= 0.3 is 0 Å². The van der Waals surface area contributed by atoms with Gasteiger partial charge < -0.3 is 10.2 Å². The van der Waals surface area contributed by atoms with Gasteiger partial charge in [0.15, 0.2) is 0 Å². The fourth-order valence-corrected chi connectivity index (χ4v) is 3.26. The molecule has 0 spiro atoms. The lowest BCUT2D eigenvalue weighted by Gasteiger charge is -2.26. The largest absolute Gasteiger partial charge is 0.330 e. The summed E-state index contributed by atoms with van der Waals surface area (Å²) in [5, 5.41) is 3.27. The molecule has 0 bridgehead atoms. The van der Waals surface area contributed by atoms with Crippen LogP contribution in [0.3, 0.4) is 0 Å². The minimum absolute atomic E-state index is 0.0654. The van der Waals surface area contributed by atoms with Crippen LogP contribution in [0, 0.1) is 0 Å². The first-order valence-corrected chi connectivity index (χ1v) is 8.48. The van der Waals surface area contributed by atoms with Crippen LogP contribution in [-0.4, -0.2) is 37.4 Å². The first-order valence-electron chi connectivity index (χ1n) is 6.49. The molecule has 8 heteroatoms. The molecule has 0 aromatic heterocycles. The van der Waals surface area contributed by atoms with Crippen LogP contribution < -0.4 is 5.32 Å². The third kappa shape index (κ3) is 3.20. The summed E-state index contributed by atoms with van der Waals surface area (Å²) in [4.78, 5) is 13.9. The van der Waals surface area contributed by atoms with Gasteiger partial charge in [-0.2, -0.15) is 0 Å². The Hall–Kier alpha value is -2.12. The average molecular weight is 338 g/mol. The summed E-state index contributed by atoms with van der Waals surface area (Å²) in [7, 11) is -3.39. The van der Waals surface area contributed by atoms with Crippen molar-refractivity contribution >= 4 is 39.1 Å². The molecule has 22 heavy (non-hydrogen) atoms. The minimum atomic E-state index is -3.39. The molecule has 0 saturated carbocycles. The summed E-state index contributed by atoms with van der Waals surface area (Å²) in [5.41, 5.74) is 1.01. The van der Waals surface area contributed by atoms with E-state index in [0.29, 0.717) is 22.1 Å². The summed E-state index contributed by atoms with van der Waals surface area (Å²) in [6.45, 7) is 0.277. The van der Waals surface area contributed by atoms with Crippen molar-refractivity contribution < 1.29 is 13.2 Å². The number of amidine groups is 1. The maximum absolute atomic E-state index is 12.2. The molecular formula is C14H12ClN3O3S. The zero-order valence-corrected chi connectivity index (χ0v) is 12.9. The van der Waals surface area contributed by atoms with Crippen LogP contribution in [0.2, 0.25) is 5.02 Å². The molecule has 6 nitrogen and oxygen atoms in total. The van der Waals surface area contributed by atoms with E-state index < -0.39 is 10.0 Å². The number of rotatable bonds is 2. The van der Waals surface area contributed by atoms with E-state index in [0.717, 1.165) is 0 Å². The van der Waals surface area contributed by atoms with Crippen LogP contribution in [0.25, 0.3) is 0 Å². The standard InChI is InChI=1S/C14H12ClN3O3S/c15-11-2-1-3-12(8-11)16-14(19)10-4-5-13-17-22(20,21)7-6-18(13)9-10/h1-5,8-9H,6-7H2,(H,16,19). The second kappa shape index (κ2) is 5.58. The number of nitrogens with zero attached hydrogens (tertiary/aromatic N) is 2. The van der Waals surface area contributed by atoms with Crippen molar-refractivity contribution in [1.29, 1.82) is 0 Å². The van der Waals surface area contributed by atoms with E-state index in [1.807, 2.05) is 0 Å². The molecular weight excluding hydrogens is 326 g/mol. The van der Waals surface area contributed by atoms with Crippen molar-refractivity contribution in [3.8, 4) is 0 Å². The highest BCUT2D eigenvalue weighted by Gasteiger charge is 2.24. The zero-order chi connectivity index (χ0) is 15.7. The number of amides is 1. The van der Waals surface area contributed by atoms with Gasteiger partial charge in [-0.25, -0.2) is 8.42 Å². The lowest BCUT2D eigenvalue weighted by Crippen LogP contribution is -2.37. The molecule has 1 aromatic rings. The second-order valence-electron chi connectivity index (χ2n) is 4.81. The normalized spacial score (nSPS) is 19.0. The van der Waals surface area contributed by atoms with E-state index in [2.05, 4.69) is 9.71 Å². The molecule has 0 aliphatic carbocycles. The quantitative estimate of drug-likeness (QED) is 0.892. The fourth-order valence-electron chi connectivity index (χ4n) is 2.10. The molecule has 1 N–H and O–H groups in total. The first kappa shape index (κ1) is 14.8. The second-order valence-corrected chi connectivity index (χ2v) is 7.00. The number of carbonyl (C=O) groups excluding carboxylic acids is 1. The molecule has 0 saturated heterocycles. The Balaban J connectivity index is 1.78. The summed E-state index contributed by atoms with van der Waals surface area (Å²) in [6, 6.07) is 6.83. The van der Waals surface area contributed by atoms with Crippen molar-refractivity contribution in [3.05, 3.63) is 53.2 Å². The Morgan fingerprint density at radius 1 is 1.32 bits per heavy atom. The van der Waals surface area contributed by atoms with Crippen LogP contribution in [0.1, 0.15) is 0 Å². The zero-order valence-electron chi connectivity index (χ0n) is 11.4. The number of benzene rings is 1. The van der Waals surface area contributed by atoms with Crippen molar-refractivity contribution in [1.82, 2.24) is 4.90 Å². The monoisotopic (exact) mass is 337 g/mol. The Morgan fingerprint density at radius 3 is 2.91 bits per heavy atom. The van der Waals surface area contributed by atoms with Gasteiger partial charge in [0.05, 0.1) is 11.3 Å². The third-order valence-corrected chi connectivity index (χ3v) is 4.57. The highest BCUT2D eigenvalue weighted by Crippen LogP contribution is 2.19. The van der Waals surface area contributed by atoms with Crippen LogP contribution >= 0.6 is 11.6 Å². The summed E-state index contributed by atoms with van der Waals surface area (Å²) >= 11 is 5.87. The highest BCUT2D eigenvalue weighted by molar-refractivity contribution is 7.90. The molecule has 0 radical (unpaired) electrons. The van der Waals surface area contributed by atoms with E-state index in [1.54, 1.807) is 35.4 Å². The molecule has 0 unspecified atom stereocenters. The summed E-state index contributed by atoms with van der Waals surface area (Å²) in [6.07, 6.45) is 4.65. The van der Waals surface area contributed by atoms with Crippen molar-refractivity contribution in [3.63, 3.8) is 0 Å². The van der Waals surface area contributed by atoms with Crippen molar-refractivity contribution in [2.45, 2.75) is 0 Å². The van der Waals surface area contributed by atoms with Crippen LogP contribution in [0.15, 0.2) is 52.6 Å². The van der Waals surface area contributed by atoms with Gasteiger partial charge in [0.1, 0.15) is 5.84 Å². The number of hydrogen-bond donors (Lipinski definition) is 1. The third-order valence-electron chi connectivity index (χ3n) is 3.17. The van der Waals surface area contributed by atoms with Crippen LogP contribution in [0.4, 0.5) is 5.69 Å². The fraction of sp³-hybridized carbons (Fsp3) is 0.143. The smallest absolute Gasteiger partial charge is 0.257 e. The van der Waals surface area contributed by atoms with Gasteiger partial charge in [0.2, 0.25) is 0 Å². The predicted molar refractivity (Wildman–Crippen MR) is 85.2 cm³/mol. The molecule has 2 heterocycles. The van der Waals surface area contributed by atoms with E-state index in [1.165, 1.54) is 12.2 Å². The number of hydrogen-bond acceptors (Lipinski definition) is 4. The molecule has 2 aliphatic heterocycles. The number of sulfonamides is 1. The van der Waals surface area contributed by atoms with Gasteiger partial charge in [-0.05, 0) is 30.4 Å². The topological polar surface area (TPSA) is 78.8 Å². The molecule has 1 amide bonds. The maximum Gasteiger partial charge on any atom is 0.257 e. The molecule has 114 valence electrons. The van der Waals surface area contributed by atoms with Gasteiger partial charge in [0.25, 0.3) is 15.9 Å². The van der Waals surface area contributed by atoms with Crippen LogP contribution in [-0.2, 0) is 14.8 Å². The molecule has 0 atom stereocenters. The highest BCUT2D eigenvalue weighted by atomic mass is 35.5. The van der Waals surface area contributed by atoms with E-state index in [4.69, 9.17) is 11.6 Å². The number of nitrogens with one attached hydrogen (secondary N) is 1. The van der Waals surface area contributed by atoms with E-state index >= 15 is 0 Å². The number of carbonyl (C=O) groups is 1. The van der Waals surface area contributed by atoms with E-state index in [-0.39, 0.29) is 18.2 Å². The average Bonchev–Trinajstić information content (AvgIpc) is 2.46. The summed E-state index contributed by atoms with van der Waals surface area (Å²) in [5.74, 6) is -0.0409. The molecule has 2 aliphatic rings. The number of anilines is 1. The van der Waals surface area contributed by atoms with Gasteiger partial charge in [-0.15, -0.1) is 4.40 Å². The lowest BCUT2D eigenvalue weighted by atomic mass is 10.1. The Labute approximate surface area is 132 Å². The van der Waals surface area contributed by atoms with Crippen molar-refractivity contribution in [2.75, 3.05) is 17.6 Å². The van der Waals surface area contributed by atoms with Gasteiger partial charge in [0, 0.05) is 23.5 Å². The predicted octanol–water partition coefficient (Wildman–Crippen LogP) is 1.78. The Bertz CT molecular complexity index is 827. The molecule has 1 aromatic carbocycles. The van der Waals surface area contributed by atoms with Crippen LogP contribution in [0.5, 0.6) is 0 Å². The summed E-state index contributed by atoms with van der Waals surface area (Å²) < 4.78 is 26.5. The minimum Gasteiger partial charge on any atom is -0.330 e. The number of fused-ring (bicyclic) bond motifs is 1.